The van der Waals surface area contributed by atoms with Crippen molar-refractivity contribution in [1.82, 2.24) is 0 Å². The number of nitro benzene ring substituents is 2. The molecule has 2 aromatic carbocycles. The van der Waals surface area contributed by atoms with Crippen molar-refractivity contribution >= 4 is 28.8 Å². The van der Waals surface area contributed by atoms with Gasteiger partial charge in [0, 0.05) is 28.3 Å². The number of anilines is 1. The molecule has 26 heavy (non-hydrogen) atoms. The van der Waals surface area contributed by atoms with E-state index in [-0.39, 0.29) is 11.4 Å². The van der Waals surface area contributed by atoms with Crippen LogP contribution >= 0.6 is 11.8 Å². The standard InChI is InChI=1S/C18H15N3O4S/c1-11-5-4-6-17(18(11)19-10-26-13(3)12(19)2)14-7-15(20(22)23)9-16(8-14)21(24)25/h4-9H,1-3H3. The second kappa shape index (κ2) is 6.80. The molecule has 0 saturated carbocycles. The van der Waals surface area contributed by atoms with E-state index < -0.39 is 9.85 Å². The number of thioether (sulfide) groups is 1. The van der Waals surface area contributed by atoms with Gasteiger partial charge < -0.3 is 4.90 Å². The molecule has 0 fully saturated rings. The van der Waals surface area contributed by atoms with Crippen molar-refractivity contribution in [3.63, 3.8) is 0 Å². The molecule has 0 unspecified atom stereocenters. The van der Waals surface area contributed by atoms with Gasteiger partial charge in [0.1, 0.15) is 0 Å². The number of aryl methyl sites for hydroxylation is 1. The third kappa shape index (κ3) is 3.15. The Hall–Kier alpha value is -2.87. The lowest BCUT2D eigenvalue weighted by Crippen LogP contribution is -2.14. The van der Waals surface area contributed by atoms with Crippen LogP contribution < -0.4 is 4.90 Å². The largest absolute Gasteiger partial charge is 0.322 e. The first-order valence-corrected chi connectivity index (χ1v) is 8.55. The number of para-hydroxylation sites is 1. The highest BCUT2D eigenvalue weighted by molar-refractivity contribution is 8.05. The maximum absolute atomic E-state index is 11.2. The molecule has 0 saturated heterocycles. The fraction of sp³-hybridized carbons (Fsp3) is 0.167. The number of hydrogen-bond acceptors (Lipinski definition) is 6. The van der Waals surface area contributed by atoms with Crippen LogP contribution in [0.3, 0.4) is 0 Å². The molecule has 0 bridgehead atoms. The van der Waals surface area contributed by atoms with Crippen molar-refractivity contribution in [2.24, 2.45) is 0 Å². The smallest absolute Gasteiger partial charge is 0.276 e. The van der Waals surface area contributed by atoms with Crippen LogP contribution in [0.2, 0.25) is 0 Å². The Kier molecular flexibility index (Phi) is 4.69. The van der Waals surface area contributed by atoms with E-state index in [0.717, 1.165) is 27.9 Å². The topological polar surface area (TPSA) is 89.5 Å². The minimum Gasteiger partial charge on any atom is -0.322 e. The monoisotopic (exact) mass is 369 g/mol. The van der Waals surface area contributed by atoms with Gasteiger partial charge in [-0.2, -0.15) is 0 Å². The molecule has 0 aliphatic carbocycles. The minimum absolute atomic E-state index is 0.311. The van der Waals surface area contributed by atoms with Crippen molar-refractivity contribution in [3.05, 3.63) is 78.7 Å². The van der Waals surface area contributed by atoms with Gasteiger partial charge >= 0.3 is 0 Å². The third-order valence-electron chi connectivity index (χ3n) is 4.23. The number of nitro groups is 2. The first kappa shape index (κ1) is 17.9. The van der Waals surface area contributed by atoms with Crippen molar-refractivity contribution in [3.8, 4) is 11.1 Å². The van der Waals surface area contributed by atoms with Gasteiger partial charge in [0.25, 0.3) is 11.4 Å². The van der Waals surface area contributed by atoms with E-state index >= 15 is 0 Å². The Morgan fingerprint density at radius 1 is 1.00 bits per heavy atom. The fourth-order valence-electron chi connectivity index (χ4n) is 2.78. The molecular formula is C18H15N3O4S. The summed E-state index contributed by atoms with van der Waals surface area (Å²) in [4.78, 5) is 24.2. The van der Waals surface area contributed by atoms with Gasteiger partial charge in [0.2, 0.25) is 0 Å². The van der Waals surface area contributed by atoms with Gasteiger partial charge in [-0.15, -0.1) is 0 Å². The zero-order chi connectivity index (χ0) is 19.0. The molecule has 2 radical (unpaired) electrons. The quantitative estimate of drug-likeness (QED) is 0.538. The molecule has 1 aliphatic heterocycles. The van der Waals surface area contributed by atoms with Gasteiger partial charge in [0.15, 0.2) is 5.88 Å². The zero-order valence-corrected chi connectivity index (χ0v) is 15.2. The first-order valence-electron chi connectivity index (χ1n) is 7.73. The van der Waals surface area contributed by atoms with E-state index in [2.05, 4.69) is 5.88 Å². The molecule has 1 heterocycles. The Balaban J connectivity index is 2.24. The van der Waals surface area contributed by atoms with Crippen LogP contribution in [0.1, 0.15) is 19.4 Å². The molecule has 0 atom stereocenters. The summed E-state index contributed by atoms with van der Waals surface area (Å²) in [6.07, 6.45) is 0. The normalized spacial score (nSPS) is 14.0. The van der Waals surface area contributed by atoms with Gasteiger partial charge in [-0.25, -0.2) is 0 Å². The average molecular weight is 369 g/mol. The van der Waals surface area contributed by atoms with Crippen LogP contribution in [0, 0.1) is 33.0 Å². The molecule has 0 N–H and O–H groups in total. The fourth-order valence-corrected chi connectivity index (χ4v) is 3.47. The molecule has 0 amide bonds. The Morgan fingerprint density at radius 2 is 1.62 bits per heavy atom. The number of hydrogen-bond donors (Lipinski definition) is 0. The third-order valence-corrected chi connectivity index (χ3v) is 5.11. The Bertz CT molecular complexity index is 923. The van der Waals surface area contributed by atoms with E-state index in [4.69, 9.17) is 0 Å². The molecule has 8 heteroatoms. The lowest BCUT2D eigenvalue weighted by Gasteiger charge is -2.24. The number of benzene rings is 2. The summed E-state index contributed by atoms with van der Waals surface area (Å²) in [7, 11) is 0. The molecule has 3 rings (SSSR count). The van der Waals surface area contributed by atoms with Crippen LogP contribution in [0.5, 0.6) is 0 Å². The first-order chi connectivity index (χ1) is 12.3. The van der Waals surface area contributed by atoms with E-state index in [9.17, 15) is 20.2 Å². The van der Waals surface area contributed by atoms with Crippen LogP contribution in [-0.4, -0.2) is 9.85 Å². The van der Waals surface area contributed by atoms with E-state index in [1.54, 1.807) is 6.07 Å². The molecule has 2 aromatic rings. The van der Waals surface area contributed by atoms with Gasteiger partial charge in [-0.05, 0) is 31.9 Å². The molecule has 0 spiro atoms. The second-order valence-electron chi connectivity index (χ2n) is 5.89. The van der Waals surface area contributed by atoms with E-state index in [0.29, 0.717) is 11.1 Å². The summed E-state index contributed by atoms with van der Waals surface area (Å²) in [6, 6.07) is 9.25. The summed E-state index contributed by atoms with van der Waals surface area (Å²) in [5.41, 5.74) is 3.24. The maximum atomic E-state index is 11.2. The maximum Gasteiger partial charge on any atom is 0.276 e. The number of nitrogens with zero attached hydrogens (tertiary/aromatic N) is 3. The summed E-state index contributed by atoms with van der Waals surface area (Å²) in [6.45, 7) is 5.88. The average Bonchev–Trinajstić information content (AvgIpc) is 2.93. The molecule has 7 nitrogen and oxygen atoms in total. The summed E-state index contributed by atoms with van der Waals surface area (Å²) in [5.74, 6) is 3.21. The SMILES string of the molecule is CC1=C(C)N(c2c(C)cccc2-c2cc([N+](=O)[O-])cc([N+](=O)[O-])c2)[C]S1. The summed E-state index contributed by atoms with van der Waals surface area (Å²) >= 11 is 1.48. The molecule has 1 aliphatic rings. The number of non-ortho nitro benzene ring substituents is 2. The lowest BCUT2D eigenvalue weighted by atomic mass is 9.98. The second-order valence-corrected chi connectivity index (χ2v) is 6.89. The van der Waals surface area contributed by atoms with Crippen LogP contribution in [0.15, 0.2) is 47.0 Å². The van der Waals surface area contributed by atoms with Crippen LogP contribution in [0.4, 0.5) is 17.1 Å². The summed E-state index contributed by atoms with van der Waals surface area (Å²) < 4.78 is 0. The highest BCUT2D eigenvalue weighted by Crippen LogP contribution is 2.44. The van der Waals surface area contributed by atoms with Crippen LogP contribution in [0.25, 0.3) is 11.1 Å². The molecular weight excluding hydrogens is 354 g/mol. The van der Waals surface area contributed by atoms with E-state index in [1.807, 2.05) is 37.8 Å². The Morgan fingerprint density at radius 3 is 2.12 bits per heavy atom. The van der Waals surface area contributed by atoms with Gasteiger partial charge in [0.05, 0.1) is 21.6 Å². The van der Waals surface area contributed by atoms with E-state index in [1.165, 1.54) is 23.9 Å². The predicted octanol–water partition coefficient (Wildman–Crippen LogP) is 5.28. The zero-order valence-electron chi connectivity index (χ0n) is 14.3. The van der Waals surface area contributed by atoms with Crippen molar-refractivity contribution in [1.29, 1.82) is 0 Å². The lowest BCUT2D eigenvalue weighted by molar-refractivity contribution is -0.394. The summed E-state index contributed by atoms with van der Waals surface area (Å²) in [5, 5.41) is 22.4. The molecule has 132 valence electrons. The number of allylic oxidation sites excluding steroid dienone is 2. The van der Waals surface area contributed by atoms with Gasteiger partial charge in [-0.1, -0.05) is 30.0 Å². The van der Waals surface area contributed by atoms with Crippen LogP contribution in [-0.2, 0) is 0 Å². The highest BCUT2D eigenvalue weighted by atomic mass is 32.2. The minimum atomic E-state index is -0.620. The number of rotatable bonds is 4. The van der Waals surface area contributed by atoms with Gasteiger partial charge in [-0.3, -0.25) is 20.2 Å². The van der Waals surface area contributed by atoms with Crippen molar-refractivity contribution < 1.29 is 9.85 Å². The predicted molar refractivity (Wildman–Crippen MR) is 102 cm³/mol. The van der Waals surface area contributed by atoms with Crippen molar-refractivity contribution in [2.75, 3.05) is 4.90 Å². The van der Waals surface area contributed by atoms with Crippen molar-refractivity contribution in [2.45, 2.75) is 20.8 Å². The highest BCUT2D eigenvalue weighted by Gasteiger charge is 2.26. The molecule has 0 aromatic heterocycles. The Labute approximate surface area is 154 Å².